The van der Waals surface area contributed by atoms with Gasteiger partial charge in [-0.1, -0.05) is 75.4 Å². The lowest BCUT2D eigenvalue weighted by Gasteiger charge is -2.33. The van der Waals surface area contributed by atoms with Gasteiger partial charge in [-0.05, 0) is 45.0 Å². The molecule has 0 fully saturated rings. The van der Waals surface area contributed by atoms with Gasteiger partial charge in [0.1, 0.15) is 0 Å². The molecule has 1 heterocycles. The van der Waals surface area contributed by atoms with Crippen molar-refractivity contribution in [2.75, 3.05) is 6.61 Å². The third-order valence-electron chi connectivity index (χ3n) is 4.56. The zero-order valence-electron chi connectivity index (χ0n) is 16.4. The van der Waals surface area contributed by atoms with Crippen LogP contribution in [0.3, 0.4) is 0 Å². The van der Waals surface area contributed by atoms with Gasteiger partial charge >= 0.3 is 0 Å². The fourth-order valence-corrected chi connectivity index (χ4v) is 3.38. The third-order valence-corrected chi connectivity index (χ3v) is 4.56. The second-order valence-electron chi connectivity index (χ2n) is 7.78. The van der Waals surface area contributed by atoms with Gasteiger partial charge < -0.3 is 4.74 Å². The highest BCUT2D eigenvalue weighted by Crippen LogP contribution is 2.37. The molecule has 0 amide bonds. The summed E-state index contributed by atoms with van der Waals surface area (Å²) in [6, 6.07) is 19.0. The van der Waals surface area contributed by atoms with Crippen molar-refractivity contribution in [3.05, 3.63) is 90.8 Å². The molecule has 0 bridgehead atoms. The molecular formula is C25H27NO. The molecule has 2 aromatic carbocycles. The largest absolute Gasteiger partial charge is 0.369 e. The van der Waals surface area contributed by atoms with Crippen LogP contribution in [0.4, 0.5) is 0 Å². The lowest BCUT2D eigenvalue weighted by Crippen LogP contribution is -2.31. The normalized spacial score (nSPS) is 13.5. The summed E-state index contributed by atoms with van der Waals surface area (Å²) in [7, 11) is 0. The van der Waals surface area contributed by atoms with Crippen molar-refractivity contribution in [2.24, 2.45) is 5.41 Å². The van der Waals surface area contributed by atoms with E-state index in [-0.39, 0.29) is 11.5 Å². The lowest BCUT2D eigenvalue weighted by atomic mass is 9.80. The molecule has 2 heteroatoms. The zero-order valence-corrected chi connectivity index (χ0v) is 16.4. The van der Waals surface area contributed by atoms with Gasteiger partial charge in [0.25, 0.3) is 0 Å². The Kier molecular flexibility index (Phi) is 5.88. The molecule has 0 N–H and O–H groups in total. The molecule has 27 heavy (non-hydrogen) atoms. The smallest absolute Gasteiger partial charge is 0.0883 e. The van der Waals surface area contributed by atoms with Crippen molar-refractivity contribution in [1.82, 2.24) is 4.98 Å². The number of aromatic nitrogens is 1. The molecule has 0 saturated carbocycles. The van der Waals surface area contributed by atoms with Crippen LogP contribution in [0.5, 0.6) is 0 Å². The van der Waals surface area contributed by atoms with Crippen LogP contribution in [0.15, 0.2) is 79.6 Å². The fraction of sp³-hybridized carbons (Fsp3) is 0.240. The Hall–Kier alpha value is -2.71. The Morgan fingerprint density at radius 1 is 1.07 bits per heavy atom. The highest BCUT2D eigenvalue weighted by Gasteiger charge is 2.30. The molecule has 138 valence electrons. The summed E-state index contributed by atoms with van der Waals surface area (Å²) < 4.78 is 6.29. The predicted molar refractivity (Wildman–Crippen MR) is 115 cm³/mol. The van der Waals surface area contributed by atoms with E-state index in [1.54, 1.807) is 6.20 Å². The summed E-state index contributed by atoms with van der Waals surface area (Å²) in [5.74, 6) is 0. The van der Waals surface area contributed by atoms with Crippen molar-refractivity contribution in [1.29, 1.82) is 0 Å². The zero-order chi connectivity index (χ0) is 19.3. The van der Waals surface area contributed by atoms with E-state index >= 15 is 0 Å². The van der Waals surface area contributed by atoms with Crippen LogP contribution in [0.1, 0.15) is 31.9 Å². The van der Waals surface area contributed by atoms with Crippen LogP contribution in [0, 0.1) is 5.41 Å². The number of hydrogen-bond donors (Lipinski definition) is 0. The molecule has 3 rings (SSSR count). The Morgan fingerprint density at radius 2 is 1.85 bits per heavy atom. The highest BCUT2D eigenvalue weighted by molar-refractivity contribution is 5.98. The van der Waals surface area contributed by atoms with Gasteiger partial charge in [-0.15, -0.1) is 6.58 Å². The molecule has 0 aliphatic heterocycles. The molecule has 3 aromatic rings. The van der Waals surface area contributed by atoms with Gasteiger partial charge in [-0.2, -0.15) is 0 Å². The molecule has 0 radical (unpaired) electrons. The summed E-state index contributed by atoms with van der Waals surface area (Å²) in [4.78, 5) is 4.28. The monoisotopic (exact) mass is 357 g/mol. The summed E-state index contributed by atoms with van der Waals surface area (Å²) in [6.45, 7) is 11.0. The van der Waals surface area contributed by atoms with Crippen LogP contribution in [0.25, 0.3) is 22.4 Å². The van der Waals surface area contributed by atoms with Crippen molar-refractivity contribution >= 4 is 22.4 Å². The average molecular weight is 357 g/mol. The van der Waals surface area contributed by atoms with Gasteiger partial charge in [-0.3, -0.25) is 4.98 Å². The van der Waals surface area contributed by atoms with E-state index in [0.717, 1.165) is 11.1 Å². The molecule has 1 unspecified atom stereocenters. The van der Waals surface area contributed by atoms with E-state index in [1.807, 2.05) is 18.3 Å². The molecular weight excluding hydrogens is 330 g/mol. The summed E-state index contributed by atoms with van der Waals surface area (Å²) >= 11 is 0. The minimum atomic E-state index is -0.0819. The first-order valence-electron chi connectivity index (χ1n) is 9.33. The van der Waals surface area contributed by atoms with Crippen molar-refractivity contribution in [3.63, 3.8) is 0 Å². The van der Waals surface area contributed by atoms with Crippen LogP contribution >= 0.6 is 0 Å². The minimum absolute atomic E-state index is 0.0754. The van der Waals surface area contributed by atoms with Crippen molar-refractivity contribution < 1.29 is 4.74 Å². The summed E-state index contributed by atoms with van der Waals surface area (Å²) in [5.41, 5.74) is 3.35. The Labute approximate surface area is 162 Å². The summed E-state index contributed by atoms with van der Waals surface area (Å²) in [6.07, 6.45) is 7.61. The number of hydrogen-bond acceptors (Lipinski definition) is 2. The molecule has 0 aliphatic rings. The number of benzene rings is 2. The lowest BCUT2D eigenvalue weighted by molar-refractivity contribution is 0.0392. The first-order valence-corrected chi connectivity index (χ1v) is 9.33. The molecule has 0 aliphatic carbocycles. The maximum atomic E-state index is 6.29. The van der Waals surface area contributed by atoms with E-state index < -0.39 is 0 Å². The standard InChI is InChI=1S/C25H27NO/c1-5-16-27-24(25(2,3)4)23(17-19-10-9-15-26-18-19)22-14-8-12-20-11-6-7-13-21(20)22/h5-15,17-18,24H,1,16H2,2-4H3/b23-17-. The molecule has 0 saturated heterocycles. The first kappa shape index (κ1) is 19.1. The van der Waals surface area contributed by atoms with Crippen LogP contribution in [-0.4, -0.2) is 17.7 Å². The Morgan fingerprint density at radius 3 is 2.56 bits per heavy atom. The van der Waals surface area contributed by atoms with E-state index in [4.69, 9.17) is 4.74 Å². The number of rotatable bonds is 6. The second kappa shape index (κ2) is 8.32. The number of fused-ring (bicyclic) bond motifs is 1. The number of pyridine rings is 1. The van der Waals surface area contributed by atoms with Gasteiger partial charge in [0.15, 0.2) is 0 Å². The number of ether oxygens (including phenoxy) is 1. The SMILES string of the molecule is C=CCOC(/C(=C\c1cccnc1)c1cccc2ccccc12)C(C)(C)C. The van der Waals surface area contributed by atoms with E-state index in [1.165, 1.54) is 16.3 Å². The van der Waals surface area contributed by atoms with Gasteiger partial charge in [0.2, 0.25) is 0 Å². The highest BCUT2D eigenvalue weighted by atomic mass is 16.5. The maximum Gasteiger partial charge on any atom is 0.0883 e. The van der Waals surface area contributed by atoms with Gasteiger partial charge in [0, 0.05) is 12.4 Å². The topological polar surface area (TPSA) is 22.1 Å². The first-order chi connectivity index (χ1) is 13.0. The maximum absolute atomic E-state index is 6.29. The quantitative estimate of drug-likeness (QED) is 0.477. The van der Waals surface area contributed by atoms with Crippen molar-refractivity contribution in [2.45, 2.75) is 26.9 Å². The number of nitrogens with zero attached hydrogens (tertiary/aromatic N) is 1. The van der Waals surface area contributed by atoms with Crippen molar-refractivity contribution in [3.8, 4) is 0 Å². The fourth-order valence-electron chi connectivity index (χ4n) is 3.38. The molecule has 1 atom stereocenters. The van der Waals surface area contributed by atoms with Crippen LogP contribution < -0.4 is 0 Å². The Balaban J connectivity index is 2.23. The summed E-state index contributed by atoms with van der Waals surface area (Å²) in [5, 5.41) is 2.45. The van der Waals surface area contributed by atoms with Gasteiger partial charge in [-0.25, -0.2) is 0 Å². The van der Waals surface area contributed by atoms with E-state index in [0.29, 0.717) is 6.61 Å². The van der Waals surface area contributed by atoms with Crippen LogP contribution in [-0.2, 0) is 4.74 Å². The van der Waals surface area contributed by atoms with E-state index in [2.05, 4.69) is 86.9 Å². The molecule has 2 nitrogen and oxygen atoms in total. The van der Waals surface area contributed by atoms with E-state index in [9.17, 15) is 0 Å². The Bertz CT molecular complexity index is 930. The predicted octanol–water partition coefficient (Wildman–Crippen LogP) is 6.39. The molecule has 0 spiro atoms. The molecule has 1 aromatic heterocycles. The second-order valence-corrected chi connectivity index (χ2v) is 7.78. The van der Waals surface area contributed by atoms with Crippen LogP contribution in [0.2, 0.25) is 0 Å². The van der Waals surface area contributed by atoms with Gasteiger partial charge in [0.05, 0.1) is 12.7 Å². The average Bonchev–Trinajstić information content (AvgIpc) is 2.67. The third kappa shape index (κ3) is 4.53. The minimum Gasteiger partial charge on any atom is -0.369 e.